The van der Waals surface area contributed by atoms with E-state index in [1.807, 2.05) is 19.9 Å². The molecule has 0 aromatic carbocycles. The van der Waals surface area contributed by atoms with Crippen molar-refractivity contribution in [3.63, 3.8) is 0 Å². The SMILES string of the molecule is CC(C)S(=O)CC1=CCC=C(c2noc(C(F)(F)F)n2)C=C1. The summed E-state index contributed by atoms with van der Waals surface area (Å²) < 4.78 is 53.4. The van der Waals surface area contributed by atoms with Crippen LogP contribution in [-0.2, 0) is 17.0 Å². The van der Waals surface area contributed by atoms with Crippen LogP contribution in [0.15, 0.2) is 34.4 Å². The van der Waals surface area contributed by atoms with Crippen molar-refractivity contribution >= 4 is 16.4 Å². The van der Waals surface area contributed by atoms with Gasteiger partial charge < -0.3 is 4.52 Å². The molecule has 1 aromatic heterocycles. The lowest BCUT2D eigenvalue weighted by molar-refractivity contribution is -0.159. The molecular formula is C14H15F3N2O2S. The lowest BCUT2D eigenvalue weighted by Crippen LogP contribution is -2.10. The number of alkyl halides is 3. The molecule has 2 rings (SSSR count). The van der Waals surface area contributed by atoms with E-state index < -0.39 is 22.9 Å². The van der Waals surface area contributed by atoms with E-state index >= 15 is 0 Å². The van der Waals surface area contributed by atoms with Crippen molar-refractivity contribution < 1.29 is 21.9 Å². The standard InChI is InChI=1S/C14H15F3N2O2S/c1-9(2)22(20)8-10-4-3-5-11(7-6-10)12-18-13(21-19-12)14(15,16)17/h4-7,9H,3,8H2,1-2H3. The van der Waals surface area contributed by atoms with Crippen LogP contribution in [0, 0.1) is 0 Å². The Kier molecular flexibility index (Phi) is 5.00. The van der Waals surface area contributed by atoms with Crippen LogP contribution in [0.3, 0.4) is 0 Å². The maximum Gasteiger partial charge on any atom is 0.471 e. The molecule has 0 saturated heterocycles. The Morgan fingerprint density at radius 2 is 2.05 bits per heavy atom. The highest BCUT2D eigenvalue weighted by Crippen LogP contribution is 2.29. The number of halogens is 3. The Balaban J connectivity index is 2.12. The minimum atomic E-state index is -4.65. The molecule has 1 aromatic rings. The minimum Gasteiger partial charge on any atom is -0.329 e. The molecule has 0 amide bonds. The first kappa shape index (κ1) is 16.7. The van der Waals surface area contributed by atoms with Gasteiger partial charge in [-0.05, 0) is 12.0 Å². The molecule has 120 valence electrons. The Morgan fingerprint density at radius 1 is 1.32 bits per heavy atom. The molecule has 0 N–H and O–H groups in total. The topological polar surface area (TPSA) is 56.0 Å². The molecule has 0 bridgehead atoms. The first-order valence-corrected chi connectivity index (χ1v) is 8.01. The van der Waals surface area contributed by atoms with Crippen LogP contribution in [-0.4, -0.2) is 25.4 Å². The van der Waals surface area contributed by atoms with Crippen molar-refractivity contribution in [1.82, 2.24) is 10.1 Å². The van der Waals surface area contributed by atoms with Crippen molar-refractivity contribution in [2.45, 2.75) is 31.7 Å². The molecule has 1 aliphatic rings. The van der Waals surface area contributed by atoms with Crippen molar-refractivity contribution in [1.29, 1.82) is 0 Å². The molecule has 4 nitrogen and oxygen atoms in total. The van der Waals surface area contributed by atoms with Crippen molar-refractivity contribution in [2.24, 2.45) is 0 Å². The van der Waals surface area contributed by atoms with E-state index in [9.17, 15) is 17.4 Å². The van der Waals surface area contributed by atoms with E-state index in [4.69, 9.17) is 0 Å². The second-order valence-electron chi connectivity index (χ2n) is 5.00. The minimum absolute atomic E-state index is 0.0523. The fourth-order valence-electron chi connectivity index (χ4n) is 1.73. The van der Waals surface area contributed by atoms with Gasteiger partial charge in [-0.1, -0.05) is 43.3 Å². The van der Waals surface area contributed by atoms with Gasteiger partial charge in [-0.15, -0.1) is 0 Å². The summed E-state index contributed by atoms with van der Waals surface area (Å²) in [6.45, 7) is 3.75. The molecular weight excluding hydrogens is 317 g/mol. The van der Waals surface area contributed by atoms with Gasteiger partial charge in [-0.2, -0.15) is 18.2 Å². The molecule has 0 radical (unpaired) electrons. The number of allylic oxidation sites excluding steroid dienone is 5. The van der Waals surface area contributed by atoms with E-state index in [2.05, 4.69) is 14.7 Å². The van der Waals surface area contributed by atoms with Gasteiger partial charge in [-0.3, -0.25) is 4.21 Å². The summed E-state index contributed by atoms with van der Waals surface area (Å²) in [5.74, 6) is -1.06. The zero-order chi connectivity index (χ0) is 16.3. The van der Waals surface area contributed by atoms with Crippen molar-refractivity contribution in [3.05, 3.63) is 41.6 Å². The maximum absolute atomic E-state index is 12.5. The summed E-state index contributed by atoms with van der Waals surface area (Å²) in [6.07, 6.45) is 2.77. The van der Waals surface area contributed by atoms with E-state index in [0.717, 1.165) is 5.57 Å². The molecule has 1 aliphatic carbocycles. The summed E-state index contributed by atoms with van der Waals surface area (Å²) in [5, 5.41) is 3.41. The van der Waals surface area contributed by atoms with Crippen LogP contribution in [0.2, 0.25) is 0 Å². The summed E-state index contributed by atoms with van der Waals surface area (Å²) in [7, 11) is -0.982. The molecule has 0 saturated carbocycles. The Morgan fingerprint density at radius 3 is 2.64 bits per heavy atom. The largest absolute Gasteiger partial charge is 0.471 e. The van der Waals surface area contributed by atoms with Crippen molar-refractivity contribution in [2.75, 3.05) is 5.75 Å². The predicted molar refractivity (Wildman–Crippen MR) is 77.3 cm³/mol. The lowest BCUT2D eigenvalue weighted by atomic mass is 10.2. The number of nitrogens with zero attached hydrogens (tertiary/aromatic N) is 2. The van der Waals surface area contributed by atoms with Crippen LogP contribution in [0.5, 0.6) is 0 Å². The van der Waals surface area contributed by atoms with Crippen LogP contribution < -0.4 is 0 Å². The van der Waals surface area contributed by atoms with Gasteiger partial charge in [0.05, 0.1) is 0 Å². The van der Waals surface area contributed by atoms with Gasteiger partial charge in [0.25, 0.3) is 0 Å². The number of aromatic nitrogens is 2. The fourth-order valence-corrected chi connectivity index (χ4v) is 2.61. The molecule has 22 heavy (non-hydrogen) atoms. The van der Waals surface area contributed by atoms with E-state index in [1.165, 1.54) is 0 Å². The van der Waals surface area contributed by atoms with Gasteiger partial charge in [-0.25, -0.2) is 0 Å². The van der Waals surface area contributed by atoms with Gasteiger partial charge in [0, 0.05) is 27.4 Å². The molecule has 0 spiro atoms. The highest BCUT2D eigenvalue weighted by molar-refractivity contribution is 7.85. The molecule has 1 heterocycles. The quantitative estimate of drug-likeness (QED) is 0.846. The maximum atomic E-state index is 12.5. The zero-order valence-electron chi connectivity index (χ0n) is 12.1. The second kappa shape index (κ2) is 6.60. The van der Waals surface area contributed by atoms with Crippen molar-refractivity contribution in [3.8, 4) is 0 Å². The smallest absolute Gasteiger partial charge is 0.329 e. The molecule has 0 aliphatic heterocycles. The molecule has 0 fully saturated rings. The number of hydrogen-bond acceptors (Lipinski definition) is 4. The number of rotatable bonds is 4. The normalized spacial score (nSPS) is 17.2. The lowest BCUT2D eigenvalue weighted by Gasteiger charge is -2.05. The zero-order valence-corrected chi connectivity index (χ0v) is 12.9. The Bertz CT molecular complexity index is 657. The average molecular weight is 332 g/mol. The average Bonchev–Trinajstić information content (AvgIpc) is 2.81. The van der Waals surface area contributed by atoms with Crippen LogP contribution in [0.1, 0.15) is 32.0 Å². The summed E-state index contributed by atoms with van der Waals surface area (Å²) in [5.41, 5.74) is 1.32. The van der Waals surface area contributed by atoms with Gasteiger partial charge in [0.15, 0.2) is 0 Å². The van der Waals surface area contributed by atoms with Gasteiger partial charge in [0.1, 0.15) is 0 Å². The molecule has 1 unspecified atom stereocenters. The Labute approximate surface area is 128 Å². The van der Waals surface area contributed by atoms with E-state index in [-0.39, 0.29) is 11.1 Å². The van der Waals surface area contributed by atoms with Gasteiger partial charge >= 0.3 is 12.1 Å². The highest BCUT2D eigenvalue weighted by atomic mass is 32.2. The first-order valence-electron chi connectivity index (χ1n) is 6.63. The van der Waals surface area contributed by atoms with E-state index in [0.29, 0.717) is 17.7 Å². The number of hydrogen-bond donors (Lipinski definition) is 0. The van der Waals surface area contributed by atoms with Crippen LogP contribution in [0.4, 0.5) is 13.2 Å². The summed E-state index contributed by atoms with van der Waals surface area (Å²) >= 11 is 0. The third kappa shape index (κ3) is 4.16. The predicted octanol–water partition coefficient (Wildman–Crippen LogP) is 3.52. The monoisotopic (exact) mass is 332 g/mol. The third-order valence-corrected chi connectivity index (χ3v) is 4.63. The molecule has 8 heteroatoms. The van der Waals surface area contributed by atoms with E-state index in [1.54, 1.807) is 18.2 Å². The molecule has 1 atom stereocenters. The Hall–Kier alpha value is -1.70. The second-order valence-corrected chi connectivity index (χ2v) is 7.00. The first-order chi connectivity index (χ1) is 10.3. The van der Waals surface area contributed by atoms with Crippen LogP contribution in [0.25, 0.3) is 5.57 Å². The fraction of sp³-hybridized carbons (Fsp3) is 0.429. The highest BCUT2D eigenvalue weighted by Gasteiger charge is 2.38. The summed E-state index contributed by atoms with van der Waals surface area (Å²) in [4.78, 5) is 3.36. The van der Waals surface area contributed by atoms with Crippen LogP contribution >= 0.6 is 0 Å². The summed E-state index contributed by atoms with van der Waals surface area (Å²) in [6, 6.07) is 0. The third-order valence-electron chi connectivity index (χ3n) is 2.96. The van der Waals surface area contributed by atoms with Gasteiger partial charge in [0.2, 0.25) is 5.82 Å².